The van der Waals surface area contributed by atoms with Gasteiger partial charge in [0.15, 0.2) is 0 Å². The minimum absolute atomic E-state index is 0.210. The topological polar surface area (TPSA) is 35.5 Å². The summed E-state index contributed by atoms with van der Waals surface area (Å²) >= 11 is 0. The Hall–Kier alpha value is -2.55. The van der Waals surface area contributed by atoms with Crippen molar-refractivity contribution in [1.82, 2.24) is 0 Å². The Kier molecular flexibility index (Phi) is 5.59. The fraction of sp³-hybridized carbons (Fsp3) is 0.167. The number of ether oxygens (including phenoxy) is 2. The molecule has 3 heteroatoms. The number of para-hydroxylation sites is 1. The van der Waals surface area contributed by atoms with Crippen LogP contribution in [0.15, 0.2) is 60.7 Å². The number of hydrogen-bond donors (Lipinski definition) is 0. The second-order valence-corrected chi connectivity index (χ2v) is 4.40. The molecule has 0 radical (unpaired) electrons. The molecular formula is C18H18O3. The van der Waals surface area contributed by atoms with E-state index in [1.54, 1.807) is 13.0 Å². The lowest BCUT2D eigenvalue weighted by atomic mass is 10.2. The fourth-order valence-electron chi connectivity index (χ4n) is 1.78. The van der Waals surface area contributed by atoms with Gasteiger partial charge in [0.1, 0.15) is 11.5 Å². The fourth-order valence-corrected chi connectivity index (χ4v) is 1.78. The second-order valence-electron chi connectivity index (χ2n) is 4.40. The van der Waals surface area contributed by atoms with Crippen molar-refractivity contribution in [1.29, 1.82) is 0 Å². The molecule has 0 fully saturated rings. The Labute approximate surface area is 124 Å². The largest absolute Gasteiger partial charge is 0.466 e. The average molecular weight is 282 g/mol. The van der Waals surface area contributed by atoms with Gasteiger partial charge in [-0.3, -0.25) is 4.79 Å². The van der Waals surface area contributed by atoms with Gasteiger partial charge in [0.2, 0.25) is 0 Å². The van der Waals surface area contributed by atoms with Crippen molar-refractivity contribution < 1.29 is 14.3 Å². The van der Waals surface area contributed by atoms with E-state index in [9.17, 15) is 4.79 Å². The lowest BCUT2D eigenvalue weighted by molar-refractivity contribution is -0.142. The Bertz CT molecular complexity index is 586. The third-order valence-electron chi connectivity index (χ3n) is 2.76. The molecule has 0 aliphatic rings. The maximum Gasteiger partial charge on any atom is 0.309 e. The molecule has 0 aliphatic carbocycles. The van der Waals surface area contributed by atoms with Crippen molar-refractivity contribution in [3.63, 3.8) is 0 Å². The quantitative estimate of drug-likeness (QED) is 0.734. The Morgan fingerprint density at radius 1 is 1.00 bits per heavy atom. The first-order valence-electron chi connectivity index (χ1n) is 6.93. The molecule has 0 heterocycles. The van der Waals surface area contributed by atoms with Crippen LogP contribution in [0.1, 0.15) is 18.9 Å². The van der Waals surface area contributed by atoms with Gasteiger partial charge in [-0.1, -0.05) is 42.5 Å². The highest BCUT2D eigenvalue weighted by molar-refractivity contribution is 5.72. The van der Waals surface area contributed by atoms with E-state index in [0.717, 1.165) is 17.1 Å². The zero-order chi connectivity index (χ0) is 14.9. The summed E-state index contributed by atoms with van der Waals surface area (Å²) in [6.07, 6.45) is 3.98. The summed E-state index contributed by atoms with van der Waals surface area (Å²) < 4.78 is 10.6. The summed E-state index contributed by atoms with van der Waals surface area (Å²) in [4.78, 5) is 11.2. The predicted molar refractivity (Wildman–Crippen MR) is 83.2 cm³/mol. The molecule has 3 nitrogen and oxygen atoms in total. The van der Waals surface area contributed by atoms with Crippen LogP contribution in [0.2, 0.25) is 0 Å². The van der Waals surface area contributed by atoms with Crippen molar-refractivity contribution in [2.45, 2.75) is 13.3 Å². The maximum atomic E-state index is 11.2. The number of hydrogen-bond acceptors (Lipinski definition) is 3. The van der Waals surface area contributed by atoms with E-state index in [2.05, 4.69) is 0 Å². The normalized spacial score (nSPS) is 10.5. The van der Waals surface area contributed by atoms with Crippen molar-refractivity contribution in [2.24, 2.45) is 0 Å². The van der Waals surface area contributed by atoms with Gasteiger partial charge in [-0.05, 0) is 36.8 Å². The molecule has 0 spiro atoms. The van der Waals surface area contributed by atoms with Gasteiger partial charge < -0.3 is 9.47 Å². The van der Waals surface area contributed by atoms with Crippen LogP contribution in [-0.2, 0) is 9.53 Å². The van der Waals surface area contributed by atoms with E-state index in [4.69, 9.17) is 9.47 Å². The summed E-state index contributed by atoms with van der Waals surface area (Å²) in [5, 5.41) is 0. The molecule has 2 rings (SSSR count). The summed E-state index contributed by atoms with van der Waals surface area (Å²) in [6.45, 7) is 2.21. The highest BCUT2D eigenvalue weighted by atomic mass is 16.5. The Balaban J connectivity index is 1.90. The van der Waals surface area contributed by atoms with Crippen molar-refractivity contribution in [3.8, 4) is 11.5 Å². The standard InChI is InChI=1S/C18H18O3/c1-2-20-18(19)10-6-7-15-11-13-17(14-12-15)21-16-8-4-3-5-9-16/h3-9,11-14H,2,10H2,1H3. The van der Waals surface area contributed by atoms with Crippen LogP contribution in [0.4, 0.5) is 0 Å². The number of benzene rings is 2. The lowest BCUT2D eigenvalue weighted by Gasteiger charge is -2.05. The molecular weight excluding hydrogens is 264 g/mol. The van der Waals surface area contributed by atoms with Crippen molar-refractivity contribution in [2.75, 3.05) is 6.61 Å². The summed E-state index contributed by atoms with van der Waals surface area (Å²) in [5.74, 6) is 1.38. The first-order chi connectivity index (χ1) is 10.3. The van der Waals surface area contributed by atoms with E-state index in [0.29, 0.717) is 6.61 Å². The Morgan fingerprint density at radius 2 is 1.67 bits per heavy atom. The highest BCUT2D eigenvalue weighted by Crippen LogP contribution is 2.21. The molecule has 2 aromatic carbocycles. The zero-order valence-corrected chi connectivity index (χ0v) is 12.0. The van der Waals surface area contributed by atoms with E-state index in [1.807, 2.05) is 60.7 Å². The van der Waals surface area contributed by atoms with Crippen LogP contribution in [0.25, 0.3) is 6.08 Å². The monoisotopic (exact) mass is 282 g/mol. The minimum atomic E-state index is -0.210. The van der Waals surface area contributed by atoms with E-state index in [-0.39, 0.29) is 12.4 Å². The van der Waals surface area contributed by atoms with Gasteiger partial charge in [-0.25, -0.2) is 0 Å². The molecule has 0 saturated heterocycles. The van der Waals surface area contributed by atoms with Gasteiger partial charge >= 0.3 is 5.97 Å². The molecule has 0 unspecified atom stereocenters. The maximum absolute atomic E-state index is 11.2. The van der Waals surface area contributed by atoms with Crippen LogP contribution < -0.4 is 4.74 Å². The Morgan fingerprint density at radius 3 is 2.33 bits per heavy atom. The predicted octanol–water partition coefficient (Wildman–Crippen LogP) is 4.45. The molecule has 0 bridgehead atoms. The van der Waals surface area contributed by atoms with Gasteiger partial charge in [0.05, 0.1) is 13.0 Å². The van der Waals surface area contributed by atoms with Crippen LogP contribution in [0, 0.1) is 0 Å². The average Bonchev–Trinajstić information content (AvgIpc) is 2.50. The smallest absolute Gasteiger partial charge is 0.309 e. The van der Waals surface area contributed by atoms with Crippen LogP contribution in [0.3, 0.4) is 0 Å². The molecule has 0 aliphatic heterocycles. The lowest BCUT2D eigenvalue weighted by Crippen LogP contribution is -2.01. The molecule has 0 N–H and O–H groups in total. The SMILES string of the molecule is CCOC(=O)CC=Cc1ccc(Oc2ccccc2)cc1. The highest BCUT2D eigenvalue weighted by Gasteiger charge is 1.98. The number of carbonyl (C=O) groups is 1. The van der Waals surface area contributed by atoms with Crippen LogP contribution in [-0.4, -0.2) is 12.6 Å². The van der Waals surface area contributed by atoms with E-state index < -0.39 is 0 Å². The van der Waals surface area contributed by atoms with Crippen LogP contribution >= 0.6 is 0 Å². The summed E-state index contributed by atoms with van der Waals surface area (Å²) in [7, 11) is 0. The molecule has 108 valence electrons. The van der Waals surface area contributed by atoms with Crippen LogP contribution in [0.5, 0.6) is 11.5 Å². The number of esters is 1. The molecule has 0 amide bonds. The molecule has 2 aromatic rings. The molecule has 0 saturated carbocycles. The minimum Gasteiger partial charge on any atom is -0.466 e. The zero-order valence-electron chi connectivity index (χ0n) is 12.0. The van der Waals surface area contributed by atoms with Gasteiger partial charge in [0.25, 0.3) is 0 Å². The third kappa shape index (κ3) is 5.15. The number of rotatable bonds is 6. The summed E-state index contributed by atoms with van der Waals surface area (Å²) in [6, 6.07) is 17.3. The molecule has 0 aromatic heterocycles. The number of carbonyl (C=O) groups excluding carboxylic acids is 1. The second kappa shape index (κ2) is 7.90. The first kappa shape index (κ1) is 14.9. The van der Waals surface area contributed by atoms with Gasteiger partial charge in [0, 0.05) is 0 Å². The first-order valence-corrected chi connectivity index (χ1v) is 6.93. The van der Waals surface area contributed by atoms with Gasteiger partial charge in [-0.2, -0.15) is 0 Å². The van der Waals surface area contributed by atoms with Crippen molar-refractivity contribution >= 4 is 12.0 Å². The van der Waals surface area contributed by atoms with E-state index in [1.165, 1.54) is 0 Å². The third-order valence-corrected chi connectivity index (χ3v) is 2.76. The van der Waals surface area contributed by atoms with Crippen molar-refractivity contribution in [3.05, 3.63) is 66.2 Å². The molecule has 0 atom stereocenters. The summed E-state index contributed by atoms with van der Waals surface area (Å²) in [5.41, 5.74) is 1.01. The molecule has 21 heavy (non-hydrogen) atoms. The van der Waals surface area contributed by atoms with Gasteiger partial charge in [-0.15, -0.1) is 0 Å². The van der Waals surface area contributed by atoms with E-state index >= 15 is 0 Å².